The van der Waals surface area contributed by atoms with E-state index in [0.717, 1.165) is 30.0 Å². The Kier molecular flexibility index (Phi) is 5.59. The molecule has 2 rings (SSSR count). The zero-order valence-electron chi connectivity index (χ0n) is 11.7. The van der Waals surface area contributed by atoms with Gasteiger partial charge in [0.15, 0.2) is 5.75 Å². The van der Waals surface area contributed by atoms with E-state index in [9.17, 15) is 5.11 Å². The summed E-state index contributed by atoms with van der Waals surface area (Å²) < 4.78 is 5.53. The van der Waals surface area contributed by atoms with Crippen LogP contribution in [0.3, 0.4) is 0 Å². The molecule has 0 bridgehead atoms. The van der Waals surface area contributed by atoms with Crippen LogP contribution in [0, 0.1) is 0 Å². The predicted octanol–water partition coefficient (Wildman–Crippen LogP) is 5.10. The topological polar surface area (TPSA) is 41.5 Å². The molecule has 21 heavy (non-hydrogen) atoms. The van der Waals surface area contributed by atoms with Crippen molar-refractivity contribution in [2.75, 3.05) is 11.9 Å². The maximum atomic E-state index is 9.51. The Hall–Kier alpha value is -1.58. The SMILES string of the molecule is CCCOc1ccc(CNc2cc(Cl)c(O)c(Cl)c2)cc1. The molecule has 0 atom stereocenters. The minimum absolute atomic E-state index is 0.0960. The Bertz CT molecular complexity index is 577. The van der Waals surface area contributed by atoms with Gasteiger partial charge in [-0.3, -0.25) is 0 Å². The molecular weight excluding hydrogens is 309 g/mol. The van der Waals surface area contributed by atoms with E-state index in [1.165, 1.54) is 0 Å². The minimum Gasteiger partial charge on any atom is -0.505 e. The molecule has 2 aromatic carbocycles. The third-order valence-corrected chi connectivity index (χ3v) is 3.49. The molecule has 2 N–H and O–H groups in total. The molecule has 0 aliphatic heterocycles. The van der Waals surface area contributed by atoms with E-state index in [2.05, 4.69) is 12.2 Å². The van der Waals surface area contributed by atoms with Gasteiger partial charge in [0, 0.05) is 12.2 Å². The number of nitrogens with one attached hydrogen (secondary N) is 1. The Balaban J connectivity index is 1.96. The second kappa shape index (κ2) is 7.43. The molecule has 0 heterocycles. The number of hydrogen-bond acceptors (Lipinski definition) is 3. The predicted molar refractivity (Wildman–Crippen MR) is 87.7 cm³/mol. The summed E-state index contributed by atoms with van der Waals surface area (Å²) in [6.45, 7) is 3.43. The average molecular weight is 326 g/mol. The van der Waals surface area contributed by atoms with Gasteiger partial charge in [0.2, 0.25) is 0 Å². The molecular formula is C16H17Cl2NO2. The Labute approximate surface area is 134 Å². The molecule has 0 amide bonds. The highest BCUT2D eigenvalue weighted by Crippen LogP contribution is 2.34. The van der Waals surface area contributed by atoms with Crippen molar-refractivity contribution in [3.05, 3.63) is 52.0 Å². The second-order valence-corrected chi connectivity index (χ2v) is 5.45. The molecule has 0 saturated carbocycles. The molecule has 0 spiro atoms. The van der Waals surface area contributed by atoms with E-state index in [0.29, 0.717) is 6.54 Å². The first kappa shape index (κ1) is 15.8. The number of hydrogen-bond donors (Lipinski definition) is 2. The summed E-state index contributed by atoms with van der Waals surface area (Å²) in [6.07, 6.45) is 0.992. The van der Waals surface area contributed by atoms with Crippen LogP contribution in [0.2, 0.25) is 10.0 Å². The molecule has 0 aliphatic rings. The van der Waals surface area contributed by atoms with Crippen LogP contribution in [0.15, 0.2) is 36.4 Å². The number of phenols is 1. The number of rotatable bonds is 6. The van der Waals surface area contributed by atoms with E-state index in [-0.39, 0.29) is 15.8 Å². The third-order valence-electron chi connectivity index (χ3n) is 2.91. The van der Waals surface area contributed by atoms with Crippen LogP contribution in [-0.2, 0) is 6.54 Å². The smallest absolute Gasteiger partial charge is 0.152 e. The summed E-state index contributed by atoms with van der Waals surface area (Å²) in [5.74, 6) is 0.776. The summed E-state index contributed by atoms with van der Waals surface area (Å²) in [5.41, 5.74) is 1.87. The van der Waals surface area contributed by atoms with E-state index in [1.54, 1.807) is 12.1 Å². The Morgan fingerprint density at radius 1 is 1.10 bits per heavy atom. The van der Waals surface area contributed by atoms with Gasteiger partial charge in [-0.05, 0) is 36.2 Å². The normalized spacial score (nSPS) is 10.4. The van der Waals surface area contributed by atoms with Gasteiger partial charge in [0.25, 0.3) is 0 Å². The number of anilines is 1. The van der Waals surface area contributed by atoms with Crippen LogP contribution >= 0.6 is 23.2 Å². The van der Waals surface area contributed by atoms with E-state index >= 15 is 0 Å². The zero-order chi connectivity index (χ0) is 15.2. The summed E-state index contributed by atoms with van der Waals surface area (Å²) in [5, 5.41) is 13.2. The first-order chi connectivity index (χ1) is 10.1. The molecule has 0 aliphatic carbocycles. The van der Waals surface area contributed by atoms with Gasteiger partial charge in [-0.1, -0.05) is 42.3 Å². The molecule has 0 unspecified atom stereocenters. The lowest BCUT2D eigenvalue weighted by molar-refractivity contribution is 0.317. The molecule has 0 saturated heterocycles. The van der Waals surface area contributed by atoms with E-state index in [4.69, 9.17) is 27.9 Å². The first-order valence-electron chi connectivity index (χ1n) is 6.73. The minimum atomic E-state index is -0.0960. The van der Waals surface area contributed by atoms with Crippen molar-refractivity contribution in [2.45, 2.75) is 19.9 Å². The van der Waals surface area contributed by atoms with Crippen molar-refractivity contribution in [1.29, 1.82) is 0 Å². The number of halogens is 2. The van der Waals surface area contributed by atoms with Gasteiger partial charge in [-0.15, -0.1) is 0 Å². The Morgan fingerprint density at radius 2 is 1.71 bits per heavy atom. The van der Waals surface area contributed by atoms with Crippen molar-refractivity contribution in [3.63, 3.8) is 0 Å². The maximum Gasteiger partial charge on any atom is 0.152 e. The van der Waals surface area contributed by atoms with Crippen LogP contribution in [-0.4, -0.2) is 11.7 Å². The number of aromatic hydroxyl groups is 1. The number of ether oxygens (including phenoxy) is 1. The standard InChI is InChI=1S/C16H17Cl2NO2/c1-2-7-21-13-5-3-11(4-6-13)10-19-12-8-14(17)16(20)15(18)9-12/h3-6,8-9,19-20H,2,7,10H2,1H3. The van der Waals surface area contributed by atoms with Crippen molar-refractivity contribution in [2.24, 2.45) is 0 Å². The van der Waals surface area contributed by atoms with Crippen molar-refractivity contribution >= 4 is 28.9 Å². The van der Waals surface area contributed by atoms with E-state index < -0.39 is 0 Å². The lowest BCUT2D eigenvalue weighted by atomic mass is 10.2. The lowest BCUT2D eigenvalue weighted by Gasteiger charge is -2.10. The monoisotopic (exact) mass is 325 g/mol. The van der Waals surface area contributed by atoms with Crippen LogP contribution in [0.4, 0.5) is 5.69 Å². The van der Waals surface area contributed by atoms with Gasteiger partial charge < -0.3 is 15.2 Å². The van der Waals surface area contributed by atoms with Crippen molar-refractivity contribution < 1.29 is 9.84 Å². The number of phenolic OH excluding ortho intramolecular Hbond substituents is 1. The van der Waals surface area contributed by atoms with Crippen molar-refractivity contribution in [1.82, 2.24) is 0 Å². The highest BCUT2D eigenvalue weighted by Gasteiger charge is 2.06. The van der Waals surface area contributed by atoms with Crippen LogP contribution in [0.25, 0.3) is 0 Å². The summed E-state index contributed by atoms with van der Waals surface area (Å²) in [4.78, 5) is 0. The van der Waals surface area contributed by atoms with Crippen LogP contribution < -0.4 is 10.1 Å². The summed E-state index contributed by atoms with van der Waals surface area (Å²) >= 11 is 11.8. The third kappa shape index (κ3) is 4.45. The molecule has 0 aromatic heterocycles. The molecule has 0 radical (unpaired) electrons. The summed E-state index contributed by atoms with van der Waals surface area (Å²) in [7, 11) is 0. The van der Waals surface area contributed by atoms with Gasteiger partial charge in [0.1, 0.15) is 5.75 Å². The Morgan fingerprint density at radius 3 is 2.29 bits per heavy atom. The second-order valence-electron chi connectivity index (χ2n) is 4.63. The van der Waals surface area contributed by atoms with Crippen molar-refractivity contribution in [3.8, 4) is 11.5 Å². The van der Waals surface area contributed by atoms with Gasteiger partial charge in [-0.25, -0.2) is 0 Å². The first-order valence-corrected chi connectivity index (χ1v) is 7.49. The summed E-state index contributed by atoms with van der Waals surface area (Å²) in [6, 6.07) is 11.2. The highest BCUT2D eigenvalue weighted by molar-refractivity contribution is 6.37. The molecule has 2 aromatic rings. The molecule has 3 nitrogen and oxygen atoms in total. The maximum absolute atomic E-state index is 9.51. The van der Waals surface area contributed by atoms with Gasteiger partial charge in [0.05, 0.1) is 16.7 Å². The van der Waals surface area contributed by atoms with Gasteiger partial charge >= 0.3 is 0 Å². The fraction of sp³-hybridized carbons (Fsp3) is 0.250. The molecule has 112 valence electrons. The van der Waals surface area contributed by atoms with E-state index in [1.807, 2.05) is 24.3 Å². The molecule has 5 heteroatoms. The quantitative estimate of drug-likeness (QED) is 0.726. The van der Waals surface area contributed by atoms with Gasteiger partial charge in [-0.2, -0.15) is 0 Å². The fourth-order valence-corrected chi connectivity index (χ4v) is 2.28. The molecule has 0 fully saturated rings. The highest BCUT2D eigenvalue weighted by atomic mass is 35.5. The average Bonchev–Trinajstić information content (AvgIpc) is 2.49. The largest absolute Gasteiger partial charge is 0.505 e. The lowest BCUT2D eigenvalue weighted by Crippen LogP contribution is -2.00. The fourth-order valence-electron chi connectivity index (χ4n) is 1.80. The number of benzene rings is 2. The van der Waals surface area contributed by atoms with Crippen LogP contribution in [0.5, 0.6) is 11.5 Å². The van der Waals surface area contributed by atoms with Crippen LogP contribution in [0.1, 0.15) is 18.9 Å². The zero-order valence-corrected chi connectivity index (χ0v) is 13.2.